The molecule has 0 bridgehead atoms. The van der Waals surface area contributed by atoms with Crippen LogP contribution in [0.2, 0.25) is 0 Å². The first kappa shape index (κ1) is 12.9. The topological polar surface area (TPSA) is 60.9 Å². The molecular weight excluding hydrogens is 244 g/mol. The van der Waals surface area contributed by atoms with Crippen molar-refractivity contribution < 1.29 is 14.7 Å². The fourth-order valence-electron chi connectivity index (χ4n) is 3.53. The zero-order chi connectivity index (χ0) is 13.4. The maximum Gasteiger partial charge on any atom is 0.307 e. The molecule has 0 spiro atoms. The van der Waals surface area contributed by atoms with Crippen LogP contribution in [-0.2, 0) is 9.59 Å². The van der Waals surface area contributed by atoms with Crippen molar-refractivity contribution in [1.82, 2.24) is 9.80 Å². The second-order valence-corrected chi connectivity index (χ2v) is 6.07. The number of hydrogen-bond donors (Lipinski definition) is 1. The van der Waals surface area contributed by atoms with Gasteiger partial charge in [0.2, 0.25) is 5.91 Å². The number of piperazine rings is 1. The number of rotatable bonds is 3. The Kier molecular flexibility index (Phi) is 3.48. The van der Waals surface area contributed by atoms with Crippen molar-refractivity contribution in [1.29, 1.82) is 0 Å². The number of nitrogens with zero attached hydrogens (tertiary/aromatic N) is 2. The molecule has 1 N–H and O–H groups in total. The van der Waals surface area contributed by atoms with Crippen LogP contribution >= 0.6 is 0 Å². The lowest BCUT2D eigenvalue weighted by atomic mass is 9.94. The van der Waals surface area contributed by atoms with Crippen LogP contribution in [0.4, 0.5) is 0 Å². The van der Waals surface area contributed by atoms with Crippen molar-refractivity contribution >= 4 is 11.9 Å². The fraction of sp³-hybridized carbons (Fsp3) is 0.857. The van der Waals surface area contributed by atoms with E-state index in [0.717, 1.165) is 45.1 Å². The fourth-order valence-corrected chi connectivity index (χ4v) is 3.53. The first-order chi connectivity index (χ1) is 9.16. The van der Waals surface area contributed by atoms with Crippen LogP contribution in [0.5, 0.6) is 0 Å². The number of aliphatic carboxylic acids is 1. The van der Waals surface area contributed by atoms with E-state index in [1.165, 1.54) is 12.8 Å². The summed E-state index contributed by atoms with van der Waals surface area (Å²) in [6.45, 7) is 3.47. The molecule has 0 aromatic rings. The van der Waals surface area contributed by atoms with E-state index >= 15 is 0 Å². The highest BCUT2D eigenvalue weighted by molar-refractivity contribution is 5.85. The van der Waals surface area contributed by atoms with Crippen molar-refractivity contribution in [2.45, 2.75) is 38.1 Å². The molecule has 0 aromatic heterocycles. The molecule has 1 heterocycles. The Labute approximate surface area is 113 Å². The minimum absolute atomic E-state index is 0.0837. The lowest BCUT2D eigenvalue weighted by Crippen LogP contribution is -2.51. The van der Waals surface area contributed by atoms with Crippen LogP contribution in [0, 0.1) is 11.8 Å². The lowest BCUT2D eigenvalue weighted by molar-refractivity contribution is -0.149. The second kappa shape index (κ2) is 5.12. The molecule has 0 radical (unpaired) electrons. The summed E-state index contributed by atoms with van der Waals surface area (Å²) in [6, 6.07) is 0.760. The highest BCUT2D eigenvalue weighted by atomic mass is 16.4. The largest absolute Gasteiger partial charge is 0.481 e. The average Bonchev–Trinajstić information content (AvgIpc) is 3.14. The molecular formula is C14H22N2O3. The SMILES string of the molecule is O=C(O)C1CCCC1C(=O)N1CCN(C2CC2)CC1. The Morgan fingerprint density at radius 1 is 0.895 bits per heavy atom. The quantitative estimate of drug-likeness (QED) is 0.820. The normalized spacial score (nSPS) is 32.5. The van der Waals surface area contributed by atoms with Gasteiger partial charge in [0.15, 0.2) is 0 Å². The number of carbonyl (C=O) groups is 2. The van der Waals surface area contributed by atoms with Gasteiger partial charge >= 0.3 is 5.97 Å². The van der Waals surface area contributed by atoms with E-state index < -0.39 is 11.9 Å². The summed E-state index contributed by atoms with van der Waals surface area (Å²) in [6.07, 6.45) is 4.89. The van der Waals surface area contributed by atoms with Crippen LogP contribution < -0.4 is 0 Å². The van der Waals surface area contributed by atoms with Gasteiger partial charge in [0.1, 0.15) is 0 Å². The van der Waals surface area contributed by atoms with Crippen LogP contribution in [0.3, 0.4) is 0 Å². The van der Waals surface area contributed by atoms with Crippen LogP contribution in [0.1, 0.15) is 32.1 Å². The van der Waals surface area contributed by atoms with Gasteiger partial charge in [-0.2, -0.15) is 0 Å². The molecule has 19 heavy (non-hydrogen) atoms. The van der Waals surface area contributed by atoms with E-state index in [-0.39, 0.29) is 11.8 Å². The zero-order valence-corrected chi connectivity index (χ0v) is 11.3. The molecule has 0 aromatic carbocycles. The van der Waals surface area contributed by atoms with Gasteiger partial charge in [-0.15, -0.1) is 0 Å². The van der Waals surface area contributed by atoms with Gasteiger partial charge in [-0.1, -0.05) is 6.42 Å². The van der Waals surface area contributed by atoms with Gasteiger partial charge in [0.25, 0.3) is 0 Å². The third kappa shape index (κ3) is 2.61. The Balaban J connectivity index is 1.56. The minimum atomic E-state index is -0.799. The van der Waals surface area contributed by atoms with Gasteiger partial charge < -0.3 is 10.0 Å². The highest BCUT2D eigenvalue weighted by Crippen LogP contribution is 2.34. The highest BCUT2D eigenvalue weighted by Gasteiger charge is 2.41. The Bertz CT molecular complexity index is 373. The standard InChI is InChI=1S/C14H22N2O3/c17-13(11-2-1-3-12(11)14(18)19)16-8-6-15(7-9-16)10-4-5-10/h10-12H,1-9H2,(H,18,19). The Morgan fingerprint density at radius 2 is 1.53 bits per heavy atom. The smallest absolute Gasteiger partial charge is 0.307 e. The number of amides is 1. The number of hydrogen-bond acceptors (Lipinski definition) is 3. The summed E-state index contributed by atoms with van der Waals surface area (Å²) in [5, 5.41) is 9.18. The molecule has 3 rings (SSSR count). The summed E-state index contributed by atoms with van der Waals surface area (Å²) >= 11 is 0. The van der Waals surface area contributed by atoms with E-state index in [2.05, 4.69) is 4.90 Å². The minimum Gasteiger partial charge on any atom is -0.481 e. The van der Waals surface area contributed by atoms with Crippen molar-refractivity contribution in [3.63, 3.8) is 0 Å². The maximum atomic E-state index is 12.5. The van der Waals surface area contributed by atoms with Crippen molar-refractivity contribution in [2.24, 2.45) is 11.8 Å². The zero-order valence-electron chi connectivity index (χ0n) is 11.3. The molecule has 106 valence electrons. The molecule has 5 nitrogen and oxygen atoms in total. The molecule has 2 aliphatic carbocycles. The summed E-state index contributed by atoms with van der Waals surface area (Å²) < 4.78 is 0. The van der Waals surface area contributed by atoms with E-state index in [4.69, 9.17) is 0 Å². The van der Waals surface area contributed by atoms with Crippen molar-refractivity contribution in [2.75, 3.05) is 26.2 Å². The predicted octanol–water partition coefficient (Wildman–Crippen LogP) is 0.794. The van der Waals surface area contributed by atoms with E-state index in [0.29, 0.717) is 6.42 Å². The number of carboxylic acid groups (broad SMARTS) is 1. The summed E-state index contributed by atoms with van der Waals surface area (Å²) in [4.78, 5) is 28.0. The summed E-state index contributed by atoms with van der Waals surface area (Å²) in [7, 11) is 0. The van der Waals surface area contributed by atoms with Gasteiger partial charge in [-0.25, -0.2) is 0 Å². The lowest BCUT2D eigenvalue weighted by Gasteiger charge is -2.36. The first-order valence-electron chi connectivity index (χ1n) is 7.42. The maximum absolute atomic E-state index is 12.5. The van der Waals surface area contributed by atoms with E-state index in [9.17, 15) is 14.7 Å². The van der Waals surface area contributed by atoms with Gasteiger partial charge in [-0.05, 0) is 25.7 Å². The molecule has 3 aliphatic rings. The third-order valence-electron chi connectivity index (χ3n) is 4.84. The molecule has 1 amide bonds. The Morgan fingerprint density at radius 3 is 2.11 bits per heavy atom. The van der Waals surface area contributed by atoms with E-state index in [1.807, 2.05) is 4.90 Å². The molecule has 1 aliphatic heterocycles. The third-order valence-corrected chi connectivity index (χ3v) is 4.84. The average molecular weight is 266 g/mol. The molecule has 2 saturated carbocycles. The number of carboxylic acids is 1. The predicted molar refractivity (Wildman–Crippen MR) is 69.6 cm³/mol. The van der Waals surface area contributed by atoms with Crippen LogP contribution in [0.25, 0.3) is 0 Å². The second-order valence-electron chi connectivity index (χ2n) is 6.07. The summed E-state index contributed by atoms with van der Waals surface area (Å²) in [5.74, 6) is -1.44. The molecule has 1 saturated heterocycles. The molecule has 2 unspecified atom stereocenters. The molecule has 5 heteroatoms. The van der Waals surface area contributed by atoms with Gasteiger partial charge in [0, 0.05) is 32.2 Å². The molecule has 2 atom stereocenters. The van der Waals surface area contributed by atoms with Crippen LogP contribution in [0.15, 0.2) is 0 Å². The van der Waals surface area contributed by atoms with Crippen molar-refractivity contribution in [3.05, 3.63) is 0 Å². The van der Waals surface area contributed by atoms with E-state index in [1.54, 1.807) is 0 Å². The Hall–Kier alpha value is -1.10. The summed E-state index contributed by atoms with van der Waals surface area (Å²) in [5.41, 5.74) is 0. The molecule has 3 fully saturated rings. The van der Waals surface area contributed by atoms with Crippen LogP contribution in [-0.4, -0.2) is 59.0 Å². The van der Waals surface area contributed by atoms with Crippen molar-refractivity contribution in [3.8, 4) is 0 Å². The number of carbonyl (C=O) groups excluding carboxylic acids is 1. The van der Waals surface area contributed by atoms with Gasteiger partial charge in [-0.3, -0.25) is 14.5 Å². The first-order valence-corrected chi connectivity index (χ1v) is 7.42. The monoisotopic (exact) mass is 266 g/mol. The van der Waals surface area contributed by atoms with Gasteiger partial charge in [0.05, 0.1) is 11.8 Å².